The van der Waals surface area contributed by atoms with Gasteiger partial charge in [0.2, 0.25) is 17.7 Å². The summed E-state index contributed by atoms with van der Waals surface area (Å²) in [7, 11) is 0. The van der Waals surface area contributed by atoms with Crippen LogP contribution in [0.1, 0.15) is 58.8 Å². The van der Waals surface area contributed by atoms with Crippen LogP contribution in [0.3, 0.4) is 0 Å². The smallest absolute Gasteiger partial charge is 0.243 e. The standard InChI is InChI=1S/C15H30N4O3.ClH/c1-3-4-5-6-7-8-14(21)19-12(9-13(17)20)15(22)18-11(2)10-16;/h11-12H,3-10,16H2,1-2H3,(H2,17,20)(H,18,22)(H,19,21);1H/t11-,12+;/m0./s1. The first-order chi connectivity index (χ1) is 10.4. The minimum Gasteiger partial charge on any atom is -0.370 e. The molecule has 0 heterocycles. The van der Waals surface area contributed by atoms with Gasteiger partial charge in [0.05, 0.1) is 6.42 Å². The Labute approximate surface area is 144 Å². The van der Waals surface area contributed by atoms with Gasteiger partial charge >= 0.3 is 0 Å². The van der Waals surface area contributed by atoms with Gasteiger partial charge in [-0.3, -0.25) is 14.4 Å². The zero-order valence-corrected chi connectivity index (χ0v) is 14.9. The highest BCUT2D eigenvalue weighted by Gasteiger charge is 2.23. The van der Waals surface area contributed by atoms with Gasteiger partial charge in [-0.25, -0.2) is 0 Å². The Morgan fingerprint density at radius 3 is 2.17 bits per heavy atom. The number of carbonyl (C=O) groups is 3. The summed E-state index contributed by atoms with van der Waals surface area (Å²) in [6, 6.07) is -1.16. The largest absolute Gasteiger partial charge is 0.370 e. The van der Waals surface area contributed by atoms with Gasteiger partial charge in [0, 0.05) is 19.0 Å². The second kappa shape index (κ2) is 14.3. The number of carbonyl (C=O) groups excluding carboxylic acids is 3. The molecule has 0 saturated carbocycles. The van der Waals surface area contributed by atoms with Crippen molar-refractivity contribution in [1.29, 1.82) is 0 Å². The summed E-state index contributed by atoms with van der Waals surface area (Å²) in [4.78, 5) is 34.9. The first-order valence-electron chi connectivity index (χ1n) is 7.98. The lowest BCUT2D eigenvalue weighted by atomic mass is 10.1. The van der Waals surface area contributed by atoms with Gasteiger partial charge in [0.25, 0.3) is 0 Å². The second-order valence-corrected chi connectivity index (χ2v) is 5.60. The molecule has 0 radical (unpaired) electrons. The van der Waals surface area contributed by atoms with Crippen LogP contribution in [0.5, 0.6) is 0 Å². The molecule has 0 aliphatic carbocycles. The molecule has 2 atom stereocenters. The predicted octanol–water partition coefficient (Wildman–Crippen LogP) is 0.592. The fourth-order valence-electron chi connectivity index (χ4n) is 1.97. The minimum absolute atomic E-state index is 0. The van der Waals surface area contributed by atoms with Crippen LogP contribution < -0.4 is 22.1 Å². The van der Waals surface area contributed by atoms with Crippen LogP contribution in [0.25, 0.3) is 0 Å². The Bertz CT molecular complexity index is 367. The lowest BCUT2D eigenvalue weighted by molar-refractivity contribution is -0.131. The van der Waals surface area contributed by atoms with Crippen molar-refractivity contribution in [3.05, 3.63) is 0 Å². The molecule has 0 rings (SSSR count). The van der Waals surface area contributed by atoms with Crippen molar-refractivity contribution in [2.75, 3.05) is 6.54 Å². The summed E-state index contributed by atoms with van der Waals surface area (Å²) < 4.78 is 0. The zero-order valence-electron chi connectivity index (χ0n) is 14.1. The van der Waals surface area contributed by atoms with Crippen molar-refractivity contribution in [2.24, 2.45) is 11.5 Å². The van der Waals surface area contributed by atoms with E-state index in [1.54, 1.807) is 6.92 Å². The lowest BCUT2D eigenvalue weighted by Gasteiger charge is -2.19. The number of unbranched alkanes of at least 4 members (excludes halogenated alkanes) is 4. The molecular weight excluding hydrogens is 320 g/mol. The number of nitrogens with one attached hydrogen (secondary N) is 2. The molecule has 136 valence electrons. The van der Waals surface area contributed by atoms with Crippen LogP contribution in [0, 0.1) is 0 Å². The van der Waals surface area contributed by atoms with Gasteiger partial charge in [0.15, 0.2) is 0 Å². The molecule has 0 aromatic rings. The summed E-state index contributed by atoms with van der Waals surface area (Å²) >= 11 is 0. The molecule has 0 spiro atoms. The van der Waals surface area contributed by atoms with Crippen LogP contribution in [0.4, 0.5) is 0 Å². The maximum Gasteiger partial charge on any atom is 0.243 e. The van der Waals surface area contributed by atoms with Gasteiger partial charge in [-0.15, -0.1) is 12.4 Å². The summed E-state index contributed by atoms with van der Waals surface area (Å²) in [5, 5.41) is 5.21. The number of primary amides is 1. The third-order valence-electron chi connectivity index (χ3n) is 3.31. The maximum atomic E-state index is 12.0. The normalized spacial score (nSPS) is 12.7. The summed E-state index contributed by atoms with van der Waals surface area (Å²) in [6.07, 6.45) is 5.29. The van der Waals surface area contributed by atoms with Gasteiger partial charge in [-0.05, 0) is 13.3 Å². The van der Waals surface area contributed by atoms with Crippen molar-refractivity contribution in [3.8, 4) is 0 Å². The third-order valence-corrected chi connectivity index (χ3v) is 3.31. The number of hydrogen-bond donors (Lipinski definition) is 4. The zero-order chi connectivity index (χ0) is 17.0. The summed E-state index contributed by atoms with van der Waals surface area (Å²) in [5.41, 5.74) is 10.6. The Kier molecular flexibility index (Phi) is 14.8. The topological polar surface area (TPSA) is 127 Å². The highest BCUT2D eigenvalue weighted by molar-refractivity contribution is 5.91. The molecule has 0 fully saturated rings. The van der Waals surface area contributed by atoms with Crippen molar-refractivity contribution >= 4 is 30.1 Å². The molecule has 7 nitrogen and oxygen atoms in total. The van der Waals surface area contributed by atoms with E-state index in [1.165, 1.54) is 0 Å². The van der Waals surface area contributed by atoms with Crippen molar-refractivity contribution in [1.82, 2.24) is 10.6 Å². The second-order valence-electron chi connectivity index (χ2n) is 5.60. The van der Waals surface area contributed by atoms with E-state index in [9.17, 15) is 14.4 Å². The molecule has 0 aromatic carbocycles. The van der Waals surface area contributed by atoms with E-state index < -0.39 is 17.9 Å². The van der Waals surface area contributed by atoms with E-state index in [0.717, 1.165) is 32.1 Å². The lowest BCUT2D eigenvalue weighted by Crippen LogP contribution is -2.51. The first kappa shape index (κ1) is 23.9. The van der Waals surface area contributed by atoms with Crippen LogP contribution in [-0.4, -0.2) is 36.3 Å². The van der Waals surface area contributed by atoms with E-state index >= 15 is 0 Å². The van der Waals surface area contributed by atoms with E-state index in [-0.39, 0.29) is 37.3 Å². The van der Waals surface area contributed by atoms with Gasteiger partial charge in [0.1, 0.15) is 6.04 Å². The highest BCUT2D eigenvalue weighted by Crippen LogP contribution is 2.05. The molecule has 0 aromatic heterocycles. The van der Waals surface area contributed by atoms with E-state index in [1.807, 2.05) is 0 Å². The molecule has 23 heavy (non-hydrogen) atoms. The first-order valence-corrected chi connectivity index (χ1v) is 7.98. The third kappa shape index (κ3) is 12.9. The monoisotopic (exact) mass is 350 g/mol. The van der Waals surface area contributed by atoms with Crippen LogP contribution >= 0.6 is 12.4 Å². The number of rotatable bonds is 12. The average molecular weight is 351 g/mol. The summed E-state index contributed by atoms with van der Waals surface area (Å²) in [5.74, 6) is -1.31. The average Bonchev–Trinajstić information content (AvgIpc) is 2.45. The Morgan fingerprint density at radius 2 is 1.65 bits per heavy atom. The van der Waals surface area contributed by atoms with E-state index in [0.29, 0.717) is 6.42 Å². The Morgan fingerprint density at radius 1 is 1.04 bits per heavy atom. The van der Waals surface area contributed by atoms with E-state index in [4.69, 9.17) is 11.5 Å². The predicted molar refractivity (Wildman–Crippen MR) is 93.0 cm³/mol. The number of amides is 3. The highest BCUT2D eigenvalue weighted by atomic mass is 35.5. The number of halogens is 1. The fourth-order valence-corrected chi connectivity index (χ4v) is 1.97. The Hall–Kier alpha value is -1.34. The Balaban J connectivity index is 0. The molecule has 6 N–H and O–H groups in total. The van der Waals surface area contributed by atoms with Gasteiger partial charge < -0.3 is 22.1 Å². The molecule has 0 aliphatic heterocycles. The van der Waals surface area contributed by atoms with Gasteiger partial charge in [-0.1, -0.05) is 32.6 Å². The fraction of sp³-hybridized carbons (Fsp3) is 0.800. The summed E-state index contributed by atoms with van der Waals surface area (Å²) in [6.45, 7) is 4.15. The van der Waals surface area contributed by atoms with E-state index in [2.05, 4.69) is 17.6 Å². The van der Waals surface area contributed by atoms with Crippen molar-refractivity contribution in [3.63, 3.8) is 0 Å². The molecular formula is C15H31ClN4O3. The van der Waals surface area contributed by atoms with Crippen LogP contribution in [-0.2, 0) is 14.4 Å². The molecule has 3 amide bonds. The quantitative estimate of drug-likeness (QED) is 0.384. The van der Waals surface area contributed by atoms with Crippen LogP contribution in [0.15, 0.2) is 0 Å². The van der Waals surface area contributed by atoms with Crippen molar-refractivity contribution < 1.29 is 14.4 Å². The maximum absolute atomic E-state index is 12.0. The minimum atomic E-state index is -0.936. The van der Waals surface area contributed by atoms with Gasteiger partial charge in [-0.2, -0.15) is 0 Å². The number of nitrogens with two attached hydrogens (primary N) is 2. The SMILES string of the molecule is CCCCCCCC(=O)N[C@H](CC(N)=O)C(=O)N[C@@H](C)CN.Cl. The molecule has 0 bridgehead atoms. The molecule has 8 heteroatoms. The van der Waals surface area contributed by atoms with Crippen molar-refractivity contribution in [2.45, 2.75) is 70.9 Å². The molecule has 0 unspecified atom stereocenters. The molecule has 0 aliphatic rings. The molecule has 0 saturated heterocycles. The van der Waals surface area contributed by atoms with Crippen LogP contribution in [0.2, 0.25) is 0 Å². The number of hydrogen-bond acceptors (Lipinski definition) is 4.